The summed E-state index contributed by atoms with van der Waals surface area (Å²) < 4.78 is 0. The van der Waals surface area contributed by atoms with Crippen LogP contribution in [0.4, 0.5) is 0 Å². The molecule has 1 rings (SSSR count). The molecule has 0 spiro atoms. The standard InChI is InChI=1S/C11H24N2O/c1-4-13(11-5-6-11)7-10(8-14)12-9(2)3/h9-12,14H,4-8H2,1-3H3. The molecule has 14 heavy (non-hydrogen) atoms. The van der Waals surface area contributed by atoms with E-state index in [0.29, 0.717) is 6.04 Å². The third-order valence-corrected chi connectivity index (χ3v) is 2.71. The van der Waals surface area contributed by atoms with Crippen LogP contribution in [-0.4, -0.2) is 47.8 Å². The molecule has 1 saturated carbocycles. The SMILES string of the molecule is CCN(CC(CO)NC(C)C)C1CC1. The Kier molecular flexibility index (Phi) is 4.85. The molecule has 0 amide bonds. The summed E-state index contributed by atoms with van der Waals surface area (Å²) in [6.45, 7) is 8.76. The molecule has 1 aliphatic carbocycles. The number of hydrogen-bond acceptors (Lipinski definition) is 3. The summed E-state index contributed by atoms with van der Waals surface area (Å²) in [7, 11) is 0. The van der Waals surface area contributed by atoms with Crippen LogP contribution in [0.3, 0.4) is 0 Å². The van der Waals surface area contributed by atoms with Crippen LogP contribution in [0.1, 0.15) is 33.6 Å². The molecule has 0 aromatic heterocycles. The van der Waals surface area contributed by atoms with Gasteiger partial charge < -0.3 is 10.4 Å². The van der Waals surface area contributed by atoms with Crippen LogP contribution >= 0.6 is 0 Å². The minimum Gasteiger partial charge on any atom is -0.395 e. The summed E-state index contributed by atoms with van der Waals surface area (Å²) in [4.78, 5) is 2.47. The normalized spacial score (nSPS) is 19.3. The Morgan fingerprint density at radius 2 is 2.07 bits per heavy atom. The van der Waals surface area contributed by atoms with E-state index in [0.717, 1.165) is 19.1 Å². The molecule has 1 atom stereocenters. The van der Waals surface area contributed by atoms with Crippen molar-refractivity contribution in [3.63, 3.8) is 0 Å². The van der Waals surface area contributed by atoms with Crippen molar-refractivity contribution < 1.29 is 5.11 Å². The zero-order valence-electron chi connectivity index (χ0n) is 9.66. The van der Waals surface area contributed by atoms with Crippen molar-refractivity contribution in [2.45, 2.75) is 51.7 Å². The van der Waals surface area contributed by atoms with Crippen LogP contribution in [0.2, 0.25) is 0 Å². The molecule has 3 nitrogen and oxygen atoms in total. The average molecular weight is 200 g/mol. The third-order valence-electron chi connectivity index (χ3n) is 2.71. The molecule has 3 heteroatoms. The van der Waals surface area contributed by atoms with Crippen molar-refractivity contribution >= 4 is 0 Å². The van der Waals surface area contributed by atoms with Crippen molar-refractivity contribution in [2.75, 3.05) is 19.7 Å². The topological polar surface area (TPSA) is 35.5 Å². The molecular weight excluding hydrogens is 176 g/mol. The number of hydrogen-bond donors (Lipinski definition) is 2. The van der Waals surface area contributed by atoms with Gasteiger partial charge in [0.2, 0.25) is 0 Å². The van der Waals surface area contributed by atoms with Crippen molar-refractivity contribution in [3.8, 4) is 0 Å². The molecule has 0 radical (unpaired) electrons. The maximum Gasteiger partial charge on any atom is 0.0597 e. The largest absolute Gasteiger partial charge is 0.395 e. The lowest BCUT2D eigenvalue weighted by Crippen LogP contribution is -2.46. The molecule has 2 N–H and O–H groups in total. The first-order valence-electron chi connectivity index (χ1n) is 5.78. The minimum absolute atomic E-state index is 0.232. The zero-order valence-corrected chi connectivity index (χ0v) is 9.66. The number of aliphatic hydroxyl groups excluding tert-OH is 1. The van der Waals surface area contributed by atoms with E-state index in [4.69, 9.17) is 0 Å². The molecule has 0 heterocycles. The van der Waals surface area contributed by atoms with E-state index in [2.05, 4.69) is 31.0 Å². The van der Waals surface area contributed by atoms with Gasteiger partial charge in [-0.05, 0) is 19.4 Å². The molecule has 0 aliphatic heterocycles. The first-order valence-corrected chi connectivity index (χ1v) is 5.78. The quantitative estimate of drug-likeness (QED) is 0.639. The maximum absolute atomic E-state index is 9.23. The monoisotopic (exact) mass is 200 g/mol. The first kappa shape index (κ1) is 12.0. The van der Waals surface area contributed by atoms with Gasteiger partial charge in [-0.15, -0.1) is 0 Å². The lowest BCUT2D eigenvalue weighted by atomic mass is 10.2. The van der Waals surface area contributed by atoms with Gasteiger partial charge in [-0.1, -0.05) is 20.8 Å². The van der Waals surface area contributed by atoms with E-state index in [1.54, 1.807) is 0 Å². The molecule has 1 unspecified atom stereocenters. The molecule has 0 aromatic rings. The smallest absolute Gasteiger partial charge is 0.0597 e. The van der Waals surface area contributed by atoms with Crippen LogP contribution in [0, 0.1) is 0 Å². The number of rotatable bonds is 7. The number of aliphatic hydroxyl groups is 1. The van der Waals surface area contributed by atoms with Gasteiger partial charge in [0.15, 0.2) is 0 Å². The predicted octanol–water partition coefficient (Wildman–Crippen LogP) is 0.830. The van der Waals surface area contributed by atoms with Crippen molar-refractivity contribution in [3.05, 3.63) is 0 Å². The lowest BCUT2D eigenvalue weighted by molar-refractivity contribution is 0.175. The molecular formula is C11H24N2O. The second-order valence-corrected chi connectivity index (χ2v) is 4.52. The van der Waals surface area contributed by atoms with Crippen LogP contribution < -0.4 is 5.32 Å². The number of nitrogens with one attached hydrogen (secondary N) is 1. The highest BCUT2D eigenvalue weighted by atomic mass is 16.3. The zero-order chi connectivity index (χ0) is 10.6. The van der Waals surface area contributed by atoms with Gasteiger partial charge in [0.05, 0.1) is 6.61 Å². The van der Waals surface area contributed by atoms with Crippen molar-refractivity contribution in [2.24, 2.45) is 0 Å². The van der Waals surface area contributed by atoms with Gasteiger partial charge in [-0.3, -0.25) is 4.90 Å². The second kappa shape index (κ2) is 5.69. The van der Waals surface area contributed by atoms with Crippen LogP contribution in [0.5, 0.6) is 0 Å². The Morgan fingerprint density at radius 1 is 1.43 bits per heavy atom. The first-order chi connectivity index (χ1) is 6.67. The van der Waals surface area contributed by atoms with Gasteiger partial charge in [0.25, 0.3) is 0 Å². The molecule has 84 valence electrons. The summed E-state index contributed by atoms with van der Waals surface area (Å²) in [6, 6.07) is 1.48. The lowest BCUT2D eigenvalue weighted by Gasteiger charge is -2.27. The molecule has 1 aliphatic rings. The second-order valence-electron chi connectivity index (χ2n) is 4.52. The van der Waals surface area contributed by atoms with E-state index < -0.39 is 0 Å². The summed E-state index contributed by atoms with van der Waals surface area (Å²) in [5, 5.41) is 12.6. The van der Waals surface area contributed by atoms with E-state index in [9.17, 15) is 5.11 Å². The van der Waals surface area contributed by atoms with Gasteiger partial charge in [0.1, 0.15) is 0 Å². The maximum atomic E-state index is 9.23. The minimum atomic E-state index is 0.232. The Labute approximate surface area is 87.5 Å². The highest BCUT2D eigenvalue weighted by molar-refractivity contribution is 4.86. The highest BCUT2D eigenvalue weighted by Gasteiger charge is 2.29. The summed E-state index contributed by atoms with van der Waals surface area (Å²) in [6.07, 6.45) is 2.68. The van der Waals surface area contributed by atoms with Crippen molar-refractivity contribution in [1.29, 1.82) is 0 Å². The fourth-order valence-electron chi connectivity index (χ4n) is 1.89. The summed E-state index contributed by atoms with van der Waals surface area (Å²) in [5.41, 5.74) is 0. The molecule has 0 aromatic carbocycles. The van der Waals surface area contributed by atoms with E-state index in [1.807, 2.05) is 0 Å². The van der Waals surface area contributed by atoms with Crippen LogP contribution in [0.15, 0.2) is 0 Å². The Balaban J connectivity index is 2.29. The fraction of sp³-hybridized carbons (Fsp3) is 1.00. The van der Waals surface area contributed by atoms with Gasteiger partial charge >= 0.3 is 0 Å². The molecule has 0 saturated heterocycles. The van der Waals surface area contributed by atoms with E-state index in [1.165, 1.54) is 12.8 Å². The Bertz CT molecular complexity index is 157. The van der Waals surface area contributed by atoms with Gasteiger partial charge in [-0.2, -0.15) is 0 Å². The molecule has 1 fully saturated rings. The van der Waals surface area contributed by atoms with Crippen LogP contribution in [-0.2, 0) is 0 Å². The Hall–Kier alpha value is -0.120. The van der Waals surface area contributed by atoms with E-state index in [-0.39, 0.29) is 12.6 Å². The van der Waals surface area contributed by atoms with Crippen molar-refractivity contribution in [1.82, 2.24) is 10.2 Å². The Morgan fingerprint density at radius 3 is 2.43 bits per heavy atom. The highest BCUT2D eigenvalue weighted by Crippen LogP contribution is 2.26. The number of nitrogens with zero attached hydrogens (tertiary/aromatic N) is 1. The molecule has 0 bridgehead atoms. The van der Waals surface area contributed by atoms with Gasteiger partial charge in [-0.25, -0.2) is 0 Å². The average Bonchev–Trinajstić information content (AvgIpc) is 2.94. The summed E-state index contributed by atoms with van der Waals surface area (Å²) >= 11 is 0. The predicted molar refractivity (Wildman–Crippen MR) is 59.4 cm³/mol. The third kappa shape index (κ3) is 3.95. The van der Waals surface area contributed by atoms with Gasteiger partial charge in [0, 0.05) is 24.7 Å². The summed E-state index contributed by atoms with van der Waals surface area (Å²) in [5.74, 6) is 0. The van der Waals surface area contributed by atoms with Crippen LogP contribution in [0.25, 0.3) is 0 Å². The fourth-order valence-corrected chi connectivity index (χ4v) is 1.89. The van der Waals surface area contributed by atoms with E-state index >= 15 is 0 Å². The number of likely N-dealkylation sites (N-methyl/N-ethyl adjacent to an activating group) is 1.